The molecule has 1 aliphatic rings. The molecule has 3 aromatic carbocycles. The van der Waals surface area contributed by atoms with E-state index in [4.69, 9.17) is 16.6 Å². The first-order valence-corrected chi connectivity index (χ1v) is 16.4. The minimum Gasteiger partial charge on any atom is -0.340 e. The zero-order chi connectivity index (χ0) is 29.1. The number of imidazole rings is 1. The molecule has 1 fully saturated rings. The number of aromatic nitrogens is 2. The highest BCUT2D eigenvalue weighted by atomic mass is 35.5. The average molecular weight is 599 g/mol. The Labute approximate surface area is 257 Å². The number of piperidine rings is 1. The monoisotopic (exact) mass is 598 g/mol. The van der Waals surface area contributed by atoms with Crippen LogP contribution >= 0.6 is 22.9 Å². The molecule has 0 spiro atoms. The zero-order valence-corrected chi connectivity index (χ0v) is 26.1. The van der Waals surface area contributed by atoms with Gasteiger partial charge in [-0.15, -0.1) is 11.3 Å². The van der Waals surface area contributed by atoms with Crippen molar-refractivity contribution >= 4 is 50.0 Å². The topological polar surface area (TPSA) is 52.2 Å². The molecule has 1 atom stereocenters. The van der Waals surface area contributed by atoms with Crippen molar-refractivity contribution in [3.8, 4) is 0 Å². The quantitative estimate of drug-likeness (QED) is 0.175. The lowest BCUT2D eigenvalue weighted by atomic mass is 9.97. The van der Waals surface area contributed by atoms with Crippen LogP contribution in [0.4, 0.5) is 0 Å². The van der Waals surface area contributed by atoms with Crippen LogP contribution in [0.2, 0.25) is 5.02 Å². The van der Waals surface area contributed by atoms with Gasteiger partial charge in [0.15, 0.2) is 0 Å². The molecule has 218 valence electrons. The Balaban J connectivity index is 1.42. The number of likely N-dealkylation sites (tertiary alicyclic amines) is 1. The van der Waals surface area contributed by atoms with E-state index in [9.17, 15) is 4.79 Å². The van der Waals surface area contributed by atoms with Crippen LogP contribution in [0.15, 0.2) is 72.8 Å². The number of hydrogen-bond donors (Lipinski definition) is 1. The predicted molar refractivity (Wildman–Crippen MR) is 175 cm³/mol. The van der Waals surface area contributed by atoms with E-state index in [-0.39, 0.29) is 11.9 Å². The van der Waals surface area contributed by atoms with Gasteiger partial charge < -0.3 is 9.88 Å². The summed E-state index contributed by atoms with van der Waals surface area (Å²) in [5, 5.41) is 1.48. The number of benzene rings is 3. The van der Waals surface area contributed by atoms with Gasteiger partial charge in [-0.25, -0.2) is 4.98 Å². The lowest BCUT2D eigenvalue weighted by Gasteiger charge is -2.32. The number of halogens is 1. The molecule has 0 saturated carbocycles. The number of aromatic amines is 1. The van der Waals surface area contributed by atoms with E-state index in [1.165, 1.54) is 41.7 Å². The van der Waals surface area contributed by atoms with Crippen LogP contribution in [0.5, 0.6) is 0 Å². The summed E-state index contributed by atoms with van der Waals surface area (Å²) in [5.41, 5.74) is 4.49. The highest BCUT2D eigenvalue weighted by Crippen LogP contribution is 2.38. The number of fused-ring (bicyclic) bond motifs is 2. The molecule has 1 unspecified atom stereocenters. The lowest BCUT2D eigenvalue weighted by Crippen LogP contribution is -2.38. The summed E-state index contributed by atoms with van der Waals surface area (Å²) in [6.07, 6.45) is 5.41. The lowest BCUT2D eigenvalue weighted by molar-refractivity contribution is 0.0661. The Hall–Kier alpha value is -3.19. The van der Waals surface area contributed by atoms with Crippen molar-refractivity contribution in [3.63, 3.8) is 0 Å². The van der Waals surface area contributed by atoms with Gasteiger partial charge in [0.1, 0.15) is 10.7 Å². The normalized spacial score (nSPS) is 15.0. The molecule has 1 saturated heterocycles. The van der Waals surface area contributed by atoms with Crippen molar-refractivity contribution in [3.05, 3.63) is 99.6 Å². The van der Waals surface area contributed by atoms with E-state index < -0.39 is 0 Å². The molecule has 1 amide bonds. The maximum Gasteiger partial charge on any atom is 0.266 e. The molecule has 1 N–H and O–H groups in total. The van der Waals surface area contributed by atoms with Crippen LogP contribution < -0.4 is 0 Å². The number of amides is 1. The summed E-state index contributed by atoms with van der Waals surface area (Å²) in [5.74, 6) is 1.24. The summed E-state index contributed by atoms with van der Waals surface area (Å²) >= 11 is 8.39. The Morgan fingerprint density at radius 3 is 2.45 bits per heavy atom. The molecule has 3 heterocycles. The highest BCUT2D eigenvalue weighted by Gasteiger charge is 2.32. The molecule has 0 radical (unpaired) electrons. The number of hydrogen-bond acceptors (Lipinski definition) is 4. The van der Waals surface area contributed by atoms with Gasteiger partial charge in [-0.3, -0.25) is 9.69 Å². The summed E-state index contributed by atoms with van der Waals surface area (Å²) in [7, 11) is 0. The van der Waals surface area contributed by atoms with Gasteiger partial charge in [0, 0.05) is 29.6 Å². The minimum atomic E-state index is -0.271. The van der Waals surface area contributed by atoms with Crippen LogP contribution in [-0.2, 0) is 13.0 Å². The van der Waals surface area contributed by atoms with Gasteiger partial charge in [-0.05, 0) is 67.6 Å². The van der Waals surface area contributed by atoms with E-state index in [1.54, 1.807) is 0 Å². The van der Waals surface area contributed by atoms with Crippen molar-refractivity contribution in [2.45, 2.75) is 58.5 Å². The smallest absolute Gasteiger partial charge is 0.266 e. The van der Waals surface area contributed by atoms with Crippen molar-refractivity contribution in [1.29, 1.82) is 0 Å². The Morgan fingerprint density at radius 2 is 1.69 bits per heavy atom. The van der Waals surface area contributed by atoms with Gasteiger partial charge in [-0.2, -0.15) is 0 Å². The highest BCUT2D eigenvalue weighted by molar-refractivity contribution is 7.21. The molecule has 5 aromatic rings. The largest absolute Gasteiger partial charge is 0.340 e. The first kappa shape index (κ1) is 28.9. The van der Waals surface area contributed by atoms with Gasteiger partial charge in [0.25, 0.3) is 5.91 Å². The Morgan fingerprint density at radius 1 is 0.976 bits per heavy atom. The third-order valence-corrected chi connectivity index (χ3v) is 10.1. The number of para-hydroxylation sites is 2. The van der Waals surface area contributed by atoms with Gasteiger partial charge in [-0.1, -0.05) is 86.5 Å². The molecule has 42 heavy (non-hydrogen) atoms. The molecule has 0 aliphatic carbocycles. The van der Waals surface area contributed by atoms with E-state index in [0.717, 1.165) is 53.0 Å². The first-order valence-electron chi connectivity index (χ1n) is 15.2. The second kappa shape index (κ2) is 13.0. The second-order valence-electron chi connectivity index (χ2n) is 11.9. The Kier molecular flexibility index (Phi) is 8.94. The number of rotatable bonds is 10. The van der Waals surface area contributed by atoms with E-state index >= 15 is 0 Å². The number of nitrogens with zero attached hydrogens (tertiary/aromatic N) is 3. The SMILES string of the molecule is CC(C)CCN(C(=O)c1sc2ccccc2c1Cl)C(Cc1ccccc1CN1CCCCC1)c1nc2ccccc2[nH]1. The van der Waals surface area contributed by atoms with E-state index in [1.807, 2.05) is 47.4 Å². The Bertz CT molecular complexity index is 1640. The van der Waals surface area contributed by atoms with Crippen LogP contribution in [0.25, 0.3) is 21.1 Å². The van der Waals surface area contributed by atoms with Crippen LogP contribution in [0.1, 0.15) is 72.2 Å². The number of nitrogens with one attached hydrogen (secondary N) is 1. The van der Waals surface area contributed by atoms with Crippen LogP contribution in [0.3, 0.4) is 0 Å². The molecule has 2 aromatic heterocycles. The van der Waals surface area contributed by atoms with Crippen LogP contribution in [-0.4, -0.2) is 45.3 Å². The molecule has 5 nitrogen and oxygen atoms in total. The predicted octanol–water partition coefficient (Wildman–Crippen LogP) is 8.89. The average Bonchev–Trinajstić information content (AvgIpc) is 3.59. The molecule has 1 aliphatic heterocycles. The van der Waals surface area contributed by atoms with Crippen molar-refractivity contribution in [2.24, 2.45) is 5.92 Å². The second-order valence-corrected chi connectivity index (χ2v) is 13.3. The van der Waals surface area contributed by atoms with Gasteiger partial charge in [0.05, 0.1) is 22.1 Å². The van der Waals surface area contributed by atoms with E-state index in [0.29, 0.717) is 28.8 Å². The maximum atomic E-state index is 14.6. The molecule has 7 heteroatoms. The third-order valence-electron chi connectivity index (χ3n) is 8.41. The number of carbonyl (C=O) groups excluding carboxylic acids is 1. The van der Waals surface area contributed by atoms with Gasteiger partial charge >= 0.3 is 0 Å². The van der Waals surface area contributed by atoms with Gasteiger partial charge in [0.2, 0.25) is 0 Å². The molecule has 6 rings (SSSR count). The van der Waals surface area contributed by atoms with E-state index in [2.05, 4.69) is 54.1 Å². The third kappa shape index (κ3) is 6.26. The summed E-state index contributed by atoms with van der Waals surface area (Å²) in [4.78, 5) is 28.4. The fraction of sp³-hybridized carbons (Fsp3) is 0.371. The fourth-order valence-corrected chi connectivity index (χ4v) is 7.51. The van der Waals surface area contributed by atoms with Crippen LogP contribution in [0, 0.1) is 5.92 Å². The molecular formula is C35H39ClN4OS. The molecule has 0 bridgehead atoms. The number of H-pyrrole nitrogens is 1. The fourth-order valence-electron chi connectivity index (χ4n) is 6.04. The first-order chi connectivity index (χ1) is 20.5. The zero-order valence-electron chi connectivity index (χ0n) is 24.5. The summed E-state index contributed by atoms with van der Waals surface area (Å²) in [6, 6.07) is 24.6. The minimum absolute atomic E-state index is 0.0270. The molecular weight excluding hydrogens is 560 g/mol. The van der Waals surface area contributed by atoms with Crippen molar-refractivity contribution < 1.29 is 4.79 Å². The number of carbonyl (C=O) groups is 1. The van der Waals surface area contributed by atoms with Crippen molar-refractivity contribution in [1.82, 2.24) is 19.8 Å². The summed E-state index contributed by atoms with van der Waals surface area (Å²) in [6.45, 7) is 8.26. The summed E-state index contributed by atoms with van der Waals surface area (Å²) < 4.78 is 1.03. The van der Waals surface area contributed by atoms with Crippen molar-refractivity contribution in [2.75, 3.05) is 19.6 Å². The number of thiophene rings is 1. The maximum absolute atomic E-state index is 14.6. The standard InChI is InChI=1S/C35H39ClN4OS/c1-24(2)18-21-40(35(41)33-32(36)27-14-6-9-17-31(27)42-33)30(34-37-28-15-7-8-16-29(28)38-34)22-25-12-4-5-13-26(25)23-39-19-10-3-11-20-39/h4-9,12-17,24,30H,3,10-11,18-23H2,1-2H3,(H,37,38).